The van der Waals surface area contributed by atoms with Gasteiger partial charge in [0, 0.05) is 11.3 Å². The van der Waals surface area contributed by atoms with Gasteiger partial charge in [-0.1, -0.05) is 6.07 Å². The highest BCUT2D eigenvalue weighted by Crippen LogP contribution is 2.50. The summed E-state index contributed by atoms with van der Waals surface area (Å²) < 4.78 is 31.0. The van der Waals surface area contributed by atoms with E-state index in [1.54, 1.807) is 50.1 Å². The van der Waals surface area contributed by atoms with Gasteiger partial charge in [-0.3, -0.25) is 9.69 Å². The van der Waals surface area contributed by atoms with E-state index in [0.29, 0.717) is 22.3 Å². The molecule has 2 aromatic carbocycles. The number of methoxy groups -OCH3 is 1. The summed E-state index contributed by atoms with van der Waals surface area (Å²) in [6.07, 6.45) is 0. The number of fused-ring (bicyclic) bond motifs is 4. The molecule has 1 fully saturated rings. The predicted octanol–water partition coefficient (Wildman–Crippen LogP) is 3.56. The first-order valence-electron chi connectivity index (χ1n) is 9.29. The highest BCUT2D eigenvalue weighted by atomic mass is 32.1. The molecule has 2 heterocycles. The van der Waals surface area contributed by atoms with Gasteiger partial charge in [-0.05, 0) is 62.5 Å². The molecule has 1 saturated heterocycles. The first kappa shape index (κ1) is 19.4. The first-order valence-corrected chi connectivity index (χ1v) is 9.69. The van der Waals surface area contributed by atoms with Gasteiger partial charge in [0.15, 0.2) is 5.11 Å². The Morgan fingerprint density at radius 2 is 2.14 bits per heavy atom. The standard InChI is InChI=1S/C21H21FN2O4S/c1-4-27-19(25)17-18-15-11-14(26-3)8-9-16(15)28-21(17,2)24(20(29)23-18)13-7-5-6-12(22)10-13/h5-11,17-18H,4H2,1-3H3,(H,23,29)/t17-,18-,21-/m0/s1. The molecule has 2 aliphatic heterocycles. The predicted molar refractivity (Wildman–Crippen MR) is 110 cm³/mol. The Labute approximate surface area is 173 Å². The van der Waals surface area contributed by atoms with E-state index < -0.39 is 29.5 Å². The number of esters is 1. The lowest BCUT2D eigenvalue weighted by molar-refractivity contribution is -0.159. The van der Waals surface area contributed by atoms with Crippen molar-refractivity contribution in [1.82, 2.24) is 5.32 Å². The Kier molecular flexibility index (Phi) is 4.82. The summed E-state index contributed by atoms with van der Waals surface area (Å²) in [7, 11) is 1.57. The van der Waals surface area contributed by atoms with Gasteiger partial charge in [0.05, 0.1) is 19.8 Å². The van der Waals surface area contributed by atoms with Crippen LogP contribution in [0.3, 0.4) is 0 Å². The second-order valence-corrected chi connectivity index (χ2v) is 7.42. The minimum atomic E-state index is -1.21. The number of ether oxygens (including phenoxy) is 3. The summed E-state index contributed by atoms with van der Waals surface area (Å²) in [5.74, 6) is -0.361. The van der Waals surface area contributed by atoms with E-state index in [4.69, 9.17) is 26.4 Å². The number of hydrogen-bond donors (Lipinski definition) is 1. The van der Waals surface area contributed by atoms with Crippen molar-refractivity contribution < 1.29 is 23.4 Å². The average Bonchev–Trinajstić information content (AvgIpc) is 2.67. The van der Waals surface area contributed by atoms with Gasteiger partial charge in [0.25, 0.3) is 0 Å². The van der Waals surface area contributed by atoms with Crippen molar-refractivity contribution in [2.75, 3.05) is 18.6 Å². The Hall–Kier alpha value is -2.87. The normalized spacial score (nSPS) is 24.8. The molecule has 2 bridgehead atoms. The second kappa shape index (κ2) is 7.18. The van der Waals surface area contributed by atoms with E-state index in [0.717, 1.165) is 5.56 Å². The SMILES string of the molecule is CCOC(=O)[C@@H]1[C@H]2NC(=S)N(c3cccc(F)c3)[C@@]1(C)Oc1ccc(OC)cc12. The van der Waals surface area contributed by atoms with Crippen molar-refractivity contribution in [2.45, 2.75) is 25.6 Å². The minimum absolute atomic E-state index is 0.230. The topological polar surface area (TPSA) is 60.0 Å². The van der Waals surface area contributed by atoms with Crippen LogP contribution in [-0.2, 0) is 9.53 Å². The highest BCUT2D eigenvalue weighted by Gasteiger charge is 2.60. The molecule has 152 valence electrons. The molecule has 0 spiro atoms. The minimum Gasteiger partial charge on any atom is -0.497 e. The van der Waals surface area contributed by atoms with E-state index in [-0.39, 0.29) is 6.61 Å². The molecule has 8 heteroatoms. The number of nitrogens with zero attached hydrogens (tertiary/aromatic N) is 1. The van der Waals surface area contributed by atoms with Gasteiger partial charge in [0.2, 0.25) is 5.72 Å². The molecule has 0 aliphatic carbocycles. The van der Waals surface area contributed by atoms with Crippen LogP contribution in [0.5, 0.6) is 11.5 Å². The van der Waals surface area contributed by atoms with Gasteiger partial charge >= 0.3 is 5.97 Å². The van der Waals surface area contributed by atoms with E-state index in [9.17, 15) is 9.18 Å². The third kappa shape index (κ3) is 3.07. The van der Waals surface area contributed by atoms with Crippen molar-refractivity contribution in [3.8, 4) is 11.5 Å². The number of anilines is 1. The summed E-state index contributed by atoms with van der Waals surface area (Å²) in [6, 6.07) is 10.9. The van der Waals surface area contributed by atoms with Gasteiger partial charge in [-0.2, -0.15) is 0 Å². The Morgan fingerprint density at radius 1 is 1.34 bits per heavy atom. The van der Waals surface area contributed by atoms with Crippen LogP contribution in [-0.4, -0.2) is 30.5 Å². The molecular weight excluding hydrogens is 395 g/mol. The number of carbonyl (C=O) groups excluding carboxylic acids is 1. The van der Waals surface area contributed by atoms with Crippen molar-refractivity contribution in [3.05, 3.63) is 53.8 Å². The fourth-order valence-electron chi connectivity index (χ4n) is 4.09. The van der Waals surface area contributed by atoms with Crippen LogP contribution >= 0.6 is 12.2 Å². The van der Waals surface area contributed by atoms with E-state index in [2.05, 4.69) is 5.32 Å². The van der Waals surface area contributed by atoms with Crippen LogP contribution < -0.4 is 19.7 Å². The van der Waals surface area contributed by atoms with E-state index in [1.165, 1.54) is 12.1 Å². The van der Waals surface area contributed by atoms with Crippen LogP contribution in [0.25, 0.3) is 0 Å². The van der Waals surface area contributed by atoms with Crippen LogP contribution in [0.1, 0.15) is 25.5 Å². The molecule has 1 N–H and O–H groups in total. The molecule has 0 aromatic heterocycles. The summed E-state index contributed by atoms with van der Waals surface area (Å²) in [5, 5.41) is 3.57. The maximum absolute atomic E-state index is 14.0. The molecule has 29 heavy (non-hydrogen) atoms. The van der Waals surface area contributed by atoms with Gasteiger partial charge in [0.1, 0.15) is 23.2 Å². The highest BCUT2D eigenvalue weighted by molar-refractivity contribution is 7.80. The number of hydrogen-bond acceptors (Lipinski definition) is 5. The first-order chi connectivity index (χ1) is 13.9. The maximum atomic E-state index is 14.0. The van der Waals surface area contributed by atoms with Crippen molar-refractivity contribution >= 4 is 29.0 Å². The maximum Gasteiger partial charge on any atom is 0.317 e. The number of rotatable bonds is 4. The number of carbonyl (C=O) groups is 1. The fraction of sp³-hybridized carbons (Fsp3) is 0.333. The lowest BCUT2D eigenvalue weighted by Gasteiger charge is -2.55. The number of benzene rings is 2. The van der Waals surface area contributed by atoms with Gasteiger partial charge in [-0.25, -0.2) is 4.39 Å². The monoisotopic (exact) mass is 416 g/mol. The molecular formula is C21H21FN2O4S. The number of nitrogens with one attached hydrogen (secondary N) is 1. The second-order valence-electron chi connectivity index (χ2n) is 7.03. The third-order valence-corrected chi connectivity index (χ3v) is 5.61. The number of halogens is 1. The van der Waals surface area contributed by atoms with Gasteiger partial charge < -0.3 is 19.5 Å². The average molecular weight is 416 g/mol. The van der Waals surface area contributed by atoms with Gasteiger partial charge in [-0.15, -0.1) is 0 Å². The Bertz CT molecular complexity index is 985. The Morgan fingerprint density at radius 3 is 2.83 bits per heavy atom. The molecule has 4 rings (SSSR count). The largest absolute Gasteiger partial charge is 0.497 e. The van der Waals surface area contributed by atoms with Crippen LogP contribution in [0.2, 0.25) is 0 Å². The zero-order valence-electron chi connectivity index (χ0n) is 16.3. The van der Waals surface area contributed by atoms with Crippen LogP contribution in [0.15, 0.2) is 42.5 Å². The molecule has 0 saturated carbocycles. The summed E-state index contributed by atoms with van der Waals surface area (Å²) in [6.45, 7) is 3.75. The summed E-state index contributed by atoms with van der Waals surface area (Å²) >= 11 is 5.60. The fourth-order valence-corrected chi connectivity index (χ4v) is 4.50. The van der Waals surface area contributed by atoms with Crippen LogP contribution in [0, 0.1) is 11.7 Å². The molecule has 3 atom stereocenters. The Balaban J connectivity index is 1.89. The summed E-state index contributed by atoms with van der Waals surface area (Å²) in [5.41, 5.74) is 0.0186. The van der Waals surface area contributed by atoms with Crippen molar-refractivity contribution in [2.24, 2.45) is 5.92 Å². The lowest BCUT2D eigenvalue weighted by Crippen LogP contribution is -2.71. The van der Waals surface area contributed by atoms with Crippen molar-refractivity contribution in [3.63, 3.8) is 0 Å². The molecule has 6 nitrogen and oxygen atoms in total. The quantitative estimate of drug-likeness (QED) is 0.604. The number of thiocarbonyl (C=S) groups is 1. The smallest absolute Gasteiger partial charge is 0.317 e. The molecule has 0 unspecified atom stereocenters. The zero-order chi connectivity index (χ0) is 20.8. The zero-order valence-corrected chi connectivity index (χ0v) is 17.1. The van der Waals surface area contributed by atoms with E-state index in [1.807, 2.05) is 6.07 Å². The molecule has 0 amide bonds. The van der Waals surface area contributed by atoms with E-state index >= 15 is 0 Å². The van der Waals surface area contributed by atoms with Crippen LogP contribution in [0.4, 0.5) is 10.1 Å². The molecule has 2 aliphatic rings. The summed E-state index contributed by atoms with van der Waals surface area (Å²) in [4.78, 5) is 14.6. The lowest BCUT2D eigenvalue weighted by atomic mass is 9.79. The molecule has 0 radical (unpaired) electrons. The third-order valence-electron chi connectivity index (χ3n) is 5.31. The van der Waals surface area contributed by atoms with Crippen molar-refractivity contribution in [1.29, 1.82) is 0 Å². The molecule has 2 aromatic rings.